The van der Waals surface area contributed by atoms with E-state index in [1.165, 1.54) is 11.0 Å². The molecule has 0 radical (unpaired) electrons. The van der Waals surface area contributed by atoms with Gasteiger partial charge in [-0.1, -0.05) is 70.6 Å². The zero-order chi connectivity index (χ0) is 30.1. The molecular weight excluding hydrogens is 512 g/mol. The lowest BCUT2D eigenvalue weighted by molar-refractivity contribution is -0.143. The van der Waals surface area contributed by atoms with Gasteiger partial charge in [-0.25, -0.2) is 4.79 Å². The number of carbonyl (C=O) groups excluding carboxylic acids is 4. The molecule has 40 heavy (non-hydrogen) atoms. The molecule has 5 N–H and O–H groups in total. The highest BCUT2D eigenvalue weighted by atomic mass is 16.6. The Hall–Kier alpha value is -3.30. The van der Waals surface area contributed by atoms with Crippen molar-refractivity contribution in [2.24, 2.45) is 5.73 Å². The zero-order valence-electron chi connectivity index (χ0n) is 25.0. The lowest BCUT2D eigenvalue weighted by Crippen LogP contribution is -2.53. The summed E-state index contributed by atoms with van der Waals surface area (Å²) in [6.45, 7) is 9.88. The standard InChI is InChI=1S/C30H50N4O6/c1-6-8-10-11-12-15-21-34(26(27(37)32-20-9-7-2)22-16-13-14-17-24(22)35)28(38)23(18-19-25(31)36)33-29(39)40-30(3,4)5/h13-14,16-17,23,26,35H,6-12,15,18-21H2,1-5H3,(H2,31,36)(H,32,37)(H,33,39). The van der Waals surface area contributed by atoms with Crippen molar-refractivity contribution in [3.05, 3.63) is 29.8 Å². The fourth-order valence-corrected chi connectivity index (χ4v) is 4.28. The van der Waals surface area contributed by atoms with Crippen LogP contribution in [-0.4, -0.2) is 58.6 Å². The first-order valence-electron chi connectivity index (χ1n) is 14.5. The van der Waals surface area contributed by atoms with E-state index in [1.807, 2.05) is 6.92 Å². The third-order valence-electron chi connectivity index (χ3n) is 6.33. The second-order valence-electron chi connectivity index (χ2n) is 11.1. The Morgan fingerprint density at radius 1 is 0.975 bits per heavy atom. The van der Waals surface area contributed by atoms with Gasteiger partial charge in [0.25, 0.3) is 0 Å². The van der Waals surface area contributed by atoms with Gasteiger partial charge in [-0.2, -0.15) is 0 Å². The van der Waals surface area contributed by atoms with Crippen molar-refractivity contribution < 1.29 is 29.0 Å². The molecule has 0 aliphatic heterocycles. The topological polar surface area (TPSA) is 151 Å². The molecule has 1 aromatic rings. The van der Waals surface area contributed by atoms with Crippen LogP contribution in [0.2, 0.25) is 0 Å². The number of unbranched alkanes of at least 4 members (excludes halogenated alkanes) is 6. The molecule has 226 valence electrons. The fourth-order valence-electron chi connectivity index (χ4n) is 4.28. The van der Waals surface area contributed by atoms with Crippen molar-refractivity contribution in [3.63, 3.8) is 0 Å². The highest BCUT2D eigenvalue weighted by molar-refractivity contribution is 5.92. The van der Waals surface area contributed by atoms with Crippen LogP contribution in [0.5, 0.6) is 5.75 Å². The SMILES string of the molecule is CCCCCCCCN(C(=O)C(CCC(N)=O)NC(=O)OC(C)(C)C)C(C(=O)NCCCC)c1ccccc1O. The van der Waals surface area contributed by atoms with Crippen LogP contribution in [0.25, 0.3) is 0 Å². The predicted octanol–water partition coefficient (Wildman–Crippen LogP) is 4.70. The number of phenols is 1. The summed E-state index contributed by atoms with van der Waals surface area (Å²) >= 11 is 0. The quantitative estimate of drug-likeness (QED) is 0.190. The number of phenolic OH excluding ortho intramolecular Hbond substituents is 1. The second kappa shape index (κ2) is 18.1. The number of benzene rings is 1. The number of nitrogens with one attached hydrogen (secondary N) is 2. The fraction of sp³-hybridized carbons (Fsp3) is 0.667. The van der Waals surface area contributed by atoms with Gasteiger partial charge in [0.15, 0.2) is 0 Å². The van der Waals surface area contributed by atoms with E-state index in [0.717, 1.165) is 44.9 Å². The minimum atomic E-state index is -1.17. The number of hydrogen-bond acceptors (Lipinski definition) is 6. The third kappa shape index (κ3) is 13.2. The maximum absolute atomic E-state index is 14.1. The number of aromatic hydroxyl groups is 1. The molecule has 2 atom stereocenters. The lowest BCUT2D eigenvalue weighted by Gasteiger charge is -2.35. The summed E-state index contributed by atoms with van der Waals surface area (Å²) in [6, 6.07) is 4.11. The summed E-state index contributed by atoms with van der Waals surface area (Å²) in [5.74, 6) is -1.73. The molecule has 0 aromatic heterocycles. The Kier molecular flexibility index (Phi) is 15.7. The second-order valence-corrected chi connectivity index (χ2v) is 11.1. The van der Waals surface area contributed by atoms with Gasteiger partial charge in [-0.3, -0.25) is 14.4 Å². The summed E-state index contributed by atoms with van der Waals surface area (Å²) in [4.78, 5) is 53.4. The van der Waals surface area contributed by atoms with Crippen LogP contribution >= 0.6 is 0 Å². The van der Waals surface area contributed by atoms with Crippen molar-refractivity contribution >= 4 is 23.8 Å². The van der Waals surface area contributed by atoms with Crippen molar-refractivity contribution in [1.29, 1.82) is 0 Å². The minimum Gasteiger partial charge on any atom is -0.508 e. The van der Waals surface area contributed by atoms with Gasteiger partial charge in [0.2, 0.25) is 17.7 Å². The number of rotatable bonds is 18. The molecular formula is C30H50N4O6. The predicted molar refractivity (Wildman–Crippen MR) is 155 cm³/mol. The highest BCUT2D eigenvalue weighted by Gasteiger charge is 2.37. The molecule has 0 saturated heterocycles. The molecule has 0 saturated carbocycles. The number of carbonyl (C=O) groups is 4. The molecule has 0 aliphatic carbocycles. The Balaban J connectivity index is 3.44. The van der Waals surface area contributed by atoms with Crippen LogP contribution in [-0.2, 0) is 19.1 Å². The summed E-state index contributed by atoms with van der Waals surface area (Å²) < 4.78 is 5.36. The number of hydrogen-bond donors (Lipinski definition) is 4. The Labute approximate surface area is 239 Å². The number of ether oxygens (including phenoxy) is 1. The van der Waals surface area contributed by atoms with Crippen LogP contribution in [0, 0.1) is 0 Å². The van der Waals surface area contributed by atoms with Gasteiger partial charge in [-0.15, -0.1) is 0 Å². The molecule has 0 spiro atoms. The zero-order valence-corrected chi connectivity index (χ0v) is 25.0. The maximum atomic E-state index is 14.1. The van der Waals surface area contributed by atoms with Crippen LogP contribution in [0.4, 0.5) is 4.79 Å². The Morgan fingerprint density at radius 3 is 2.20 bits per heavy atom. The largest absolute Gasteiger partial charge is 0.508 e. The number of nitrogens with zero attached hydrogens (tertiary/aromatic N) is 1. The average Bonchev–Trinajstić information content (AvgIpc) is 2.87. The summed E-state index contributed by atoms with van der Waals surface area (Å²) in [5.41, 5.74) is 4.84. The monoisotopic (exact) mass is 562 g/mol. The number of alkyl carbamates (subject to hydrolysis) is 1. The molecule has 0 aliphatic rings. The highest BCUT2D eigenvalue weighted by Crippen LogP contribution is 2.30. The third-order valence-corrected chi connectivity index (χ3v) is 6.33. The number of nitrogens with two attached hydrogens (primary N) is 1. The van der Waals surface area contributed by atoms with Crippen LogP contribution < -0.4 is 16.4 Å². The molecule has 0 bridgehead atoms. The Morgan fingerprint density at radius 2 is 1.60 bits per heavy atom. The molecule has 4 amide bonds. The van der Waals surface area contributed by atoms with E-state index in [2.05, 4.69) is 17.6 Å². The number of primary amides is 1. The summed E-state index contributed by atoms with van der Waals surface area (Å²) in [5, 5.41) is 16.2. The molecule has 2 unspecified atom stereocenters. The normalized spacial score (nSPS) is 12.7. The molecule has 1 aromatic carbocycles. The van der Waals surface area contributed by atoms with E-state index in [9.17, 15) is 24.3 Å². The average molecular weight is 563 g/mol. The van der Waals surface area contributed by atoms with Crippen molar-refractivity contribution in [3.8, 4) is 5.75 Å². The van der Waals surface area contributed by atoms with Gasteiger partial charge in [-0.05, 0) is 46.1 Å². The van der Waals surface area contributed by atoms with Gasteiger partial charge >= 0.3 is 6.09 Å². The Bertz CT molecular complexity index is 946. The van der Waals surface area contributed by atoms with Crippen molar-refractivity contribution in [2.75, 3.05) is 13.1 Å². The van der Waals surface area contributed by atoms with Gasteiger partial charge in [0, 0.05) is 25.1 Å². The van der Waals surface area contributed by atoms with E-state index in [1.54, 1.807) is 39.0 Å². The van der Waals surface area contributed by atoms with E-state index in [4.69, 9.17) is 10.5 Å². The molecule has 10 heteroatoms. The minimum absolute atomic E-state index is 0.0641. The van der Waals surface area contributed by atoms with E-state index < -0.39 is 41.5 Å². The molecule has 1 rings (SSSR count). The smallest absolute Gasteiger partial charge is 0.408 e. The number of para-hydroxylation sites is 1. The van der Waals surface area contributed by atoms with E-state index in [-0.39, 0.29) is 30.7 Å². The van der Waals surface area contributed by atoms with Crippen molar-refractivity contribution in [2.45, 2.75) is 117 Å². The van der Waals surface area contributed by atoms with Gasteiger partial charge in [0.05, 0.1) is 0 Å². The molecule has 10 nitrogen and oxygen atoms in total. The molecule has 0 heterocycles. The van der Waals surface area contributed by atoms with Gasteiger partial charge in [0.1, 0.15) is 23.4 Å². The first kappa shape index (κ1) is 34.7. The van der Waals surface area contributed by atoms with Crippen LogP contribution in [0.15, 0.2) is 24.3 Å². The maximum Gasteiger partial charge on any atom is 0.408 e. The van der Waals surface area contributed by atoms with Gasteiger partial charge < -0.3 is 31.1 Å². The molecule has 0 fully saturated rings. The van der Waals surface area contributed by atoms with Crippen molar-refractivity contribution in [1.82, 2.24) is 15.5 Å². The summed E-state index contributed by atoms with van der Waals surface area (Å²) in [7, 11) is 0. The first-order valence-corrected chi connectivity index (χ1v) is 14.5. The lowest BCUT2D eigenvalue weighted by atomic mass is 9.99. The van der Waals surface area contributed by atoms with Crippen LogP contribution in [0.3, 0.4) is 0 Å². The van der Waals surface area contributed by atoms with E-state index in [0.29, 0.717) is 13.0 Å². The van der Waals surface area contributed by atoms with Crippen LogP contribution in [0.1, 0.15) is 110 Å². The van der Waals surface area contributed by atoms with E-state index >= 15 is 0 Å². The summed E-state index contributed by atoms with van der Waals surface area (Å²) in [6.07, 6.45) is 6.36. The first-order chi connectivity index (χ1) is 18.9. The number of amides is 4.